The van der Waals surface area contributed by atoms with Crippen molar-refractivity contribution in [3.63, 3.8) is 0 Å². The van der Waals surface area contributed by atoms with Gasteiger partial charge in [-0.05, 0) is 44.4 Å². The van der Waals surface area contributed by atoms with Gasteiger partial charge in [0.15, 0.2) is 0 Å². The van der Waals surface area contributed by atoms with Crippen LogP contribution >= 0.6 is 0 Å². The van der Waals surface area contributed by atoms with Crippen LogP contribution in [0.5, 0.6) is 5.88 Å². The van der Waals surface area contributed by atoms with Crippen molar-refractivity contribution in [2.75, 3.05) is 37.6 Å². The van der Waals surface area contributed by atoms with Crippen molar-refractivity contribution in [2.45, 2.75) is 38.8 Å². The molecule has 0 bridgehead atoms. The molecule has 1 aliphatic heterocycles. The van der Waals surface area contributed by atoms with Crippen LogP contribution in [-0.2, 0) is 6.54 Å². The number of aromatic nitrogens is 4. The molecule has 2 aromatic heterocycles. The first-order chi connectivity index (χ1) is 15.2. The van der Waals surface area contributed by atoms with Gasteiger partial charge in [-0.15, -0.1) is 0 Å². The Hall–Kier alpha value is -3.00. The molecular weight excluding hydrogens is 392 g/mol. The van der Waals surface area contributed by atoms with E-state index in [0.29, 0.717) is 18.5 Å². The van der Waals surface area contributed by atoms with E-state index < -0.39 is 0 Å². The Bertz CT molecular complexity index is 1120. The van der Waals surface area contributed by atoms with Crippen LogP contribution in [0.3, 0.4) is 0 Å². The van der Waals surface area contributed by atoms with Crippen LogP contribution in [0.4, 0.5) is 5.69 Å². The van der Waals surface area contributed by atoms with Crippen LogP contribution < -0.4 is 15.2 Å². The highest BCUT2D eigenvalue weighted by Gasteiger charge is 2.22. The third-order valence-electron chi connectivity index (χ3n) is 6.32. The molecule has 0 atom stereocenters. The predicted molar refractivity (Wildman–Crippen MR) is 120 cm³/mol. The quantitative estimate of drug-likeness (QED) is 0.605. The van der Waals surface area contributed by atoms with Gasteiger partial charge in [-0.1, -0.05) is 0 Å². The van der Waals surface area contributed by atoms with Gasteiger partial charge < -0.3 is 9.64 Å². The minimum Gasteiger partial charge on any atom is -0.474 e. The number of aryl methyl sites for hydroxylation is 1. The first-order valence-electron chi connectivity index (χ1n) is 11.1. The van der Waals surface area contributed by atoms with Crippen molar-refractivity contribution in [1.82, 2.24) is 24.4 Å². The maximum atomic E-state index is 12.0. The number of hydrogen-bond acceptors (Lipinski definition) is 7. The van der Waals surface area contributed by atoms with Crippen molar-refractivity contribution in [2.24, 2.45) is 0 Å². The second kappa shape index (κ2) is 8.63. The van der Waals surface area contributed by atoms with Gasteiger partial charge in [0.1, 0.15) is 12.4 Å². The minimum absolute atomic E-state index is 0.0180. The molecule has 0 amide bonds. The molecule has 3 heterocycles. The predicted octanol–water partition coefficient (Wildman–Crippen LogP) is 2.25. The molecule has 0 radical (unpaired) electrons. The lowest BCUT2D eigenvalue weighted by molar-refractivity contribution is 0.116. The molecule has 1 saturated heterocycles. The Kier molecular flexibility index (Phi) is 5.55. The molecule has 0 spiro atoms. The number of anilines is 1. The molecule has 1 aromatic carbocycles. The monoisotopic (exact) mass is 420 g/mol. The van der Waals surface area contributed by atoms with Gasteiger partial charge in [-0.3, -0.25) is 14.3 Å². The number of piperazine rings is 1. The van der Waals surface area contributed by atoms with Gasteiger partial charge in [0.05, 0.1) is 17.2 Å². The van der Waals surface area contributed by atoms with E-state index in [1.165, 1.54) is 12.1 Å². The number of hydrogen-bond donors (Lipinski definition) is 0. The first kappa shape index (κ1) is 19.9. The van der Waals surface area contributed by atoms with Crippen LogP contribution in [0.1, 0.15) is 25.0 Å². The second-order valence-electron chi connectivity index (χ2n) is 8.44. The molecule has 2 fully saturated rings. The summed E-state index contributed by atoms with van der Waals surface area (Å²) in [6.45, 7) is 7.17. The van der Waals surface area contributed by atoms with Crippen LogP contribution in [0, 0.1) is 6.92 Å². The van der Waals surface area contributed by atoms with E-state index in [1.54, 1.807) is 23.3 Å². The maximum Gasteiger partial charge on any atom is 0.253 e. The summed E-state index contributed by atoms with van der Waals surface area (Å²) in [7, 11) is 0. The van der Waals surface area contributed by atoms with E-state index in [4.69, 9.17) is 4.74 Å². The summed E-state index contributed by atoms with van der Waals surface area (Å²) < 4.78 is 7.79. The summed E-state index contributed by atoms with van der Waals surface area (Å²) in [5, 5.41) is 0.987. The van der Waals surface area contributed by atoms with Gasteiger partial charge in [0.25, 0.3) is 5.56 Å². The molecule has 0 unspecified atom stereocenters. The lowest BCUT2D eigenvalue weighted by Crippen LogP contribution is -2.47. The van der Waals surface area contributed by atoms with Crippen molar-refractivity contribution in [3.8, 4) is 5.88 Å². The van der Waals surface area contributed by atoms with Gasteiger partial charge in [0.2, 0.25) is 5.88 Å². The fraction of sp³-hybridized carbons (Fsp3) is 0.478. The van der Waals surface area contributed by atoms with Crippen molar-refractivity contribution < 1.29 is 4.74 Å². The molecule has 1 saturated carbocycles. The van der Waals surface area contributed by atoms with Gasteiger partial charge >= 0.3 is 0 Å². The van der Waals surface area contributed by atoms with E-state index in [2.05, 4.69) is 43.0 Å². The first-order valence-corrected chi connectivity index (χ1v) is 11.1. The number of rotatable bonds is 6. The Morgan fingerprint density at radius 2 is 1.87 bits per heavy atom. The van der Waals surface area contributed by atoms with E-state index in [0.717, 1.165) is 62.2 Å². The highest BCUT2D eigenvalue weighted by atomic mass is 16.5. The number of nitrogens with zero attached hydrogens (tertiary/aromatic N) is 6. The molecule has 8 nitrogen and oxygen atoms in total. The fourth-order valence-corrected chi connectivity index (χ4v) is 4.12. The van der Waals surface area contributed by atoms with E-state index in [1.807, 2.05) is 6.92 Å². The summed E-state index contributed by atoms with van der Waals surface area (Å²) in [6.07, 6.45) is 6.98. The Morgan fingerprint density at radius 3 is 2.61 bits per heavy atom. The highest BCUT2D eigenvalue weighted by molar-refractivity contribution is 5.86. The summed E-state index contributed by atoms with van der Waals surface area (Å²) in [6, 6.07) is 7.94. The summed E-state index contributed by atoms with van der Waals surface area (Å²) >= 11 is 0. The zero-order chi connectivity index (χ0) is 21.2. The molecule has 31 heavy (non-hydrogen) atoms. The summed E-state index contributed by atoms with van der Waals surface area (Å²) in [5.41, 5.74) is 2.88. The van der Waals surface area contributed by atoms with E-state index >= 15 is 0 Å². The largest absolute Gasteiger partial charge is 0.474 e. The van der Waals surface area contributed by atoms with Crippen LogP contribution in [0.25, 0.3) is 10.9 Å². The average Bonchev–Trinajstić information content (AvgIpc) is 2.76. The molecule has 5 rings (SSSR count). The minimum atomic E-state index is 0.0180. The number of fused-ring (bicyclic) bond motifs is 1. The maximum absolute atomic E-state index is 12.0. The van der Waals surface area contributed by atoms with Crippen molar-refractivity contribution in [3.05, 3.63) is 53.0 Å². The Labute approximate surface area is 181 Å². The molecule has 2 aliphatic rings. The normalized spacial score (nSPS) is 17.6. The molecule has 0 N–H and O–H groups in total. The zero-order valence-electron chi connectivity index (χ0n) is 17.9. The fourth-order valence-electron chi connectivity index (χ4n) is 4.12. The standard InChI is InChI=1S/C23H28N6O2/c1-17-13-22(30)29(16-26-17)12-9-27-7-10-28(11-8-27)18-5-6-21-20(14-18)23(25-15-24-21)31-19-3-2-4-19/h5-6,13-16,19H,2-4,7-12H2,1H3. The van der Waals surface area contributed by atoms with Gasteiger partial charge in [-0.25, -0.2) is 15.0 Å². The summed E-state index contributed by atoms with van der Waals surface area (Å²) in [4.78, 5) is 29.9. The third kappa shape index (κ3) is 4.39. The van der Waals surface area contributed by atoms with Crippen molar-refractivity contribution in [1.29, 1.82) is 0 Å². The van der Waals surface area contributed by atoms with E-state index in [-0.39, 0.29) is 5.56 Å². The van der Waals surface area contributed by atoms with Crippen LogP contribution in [0.15, 0.2) is 41.7 Å². The van der Waals surface area contributed by atoms with Crippen molar-refractivity contribution >= 4 is 16.6 Å². The van der Waals surface area contributed by atoms with Crippen LogP contribution in [-0.4, -0.2) is 63.2 Å². The smallest absolute Gasteiger partial charge is 0.253 e. The molecule has 8 heteroatoms. The average molecular weight is 421 g/mol. The highest BCUT2D eigenvalue weighted by Crippen LogP contribution is 2.31. The third-order valence-corrected chi connectivity index (χ3v) is 6.32. The number of ether oxygens (including phenoxy) is 1. The zero-order valence-corrected chi connectivity index (χ0v) is 17.9. The van der Waals surface area contributed by atoms with Crippen LogP contribution in [0.2, 0.25) is 0 Å². The Morgan fingerprint density at radius 1 is 1.03 bits per heavy atom. The molecule has 3 aromatic rings. The topological polar surface area (TPSA) is 76.4 Å². The lowest BCUT2D eigenvalue weighted by Gasteiger charge is -2.36. The molecular formula is C23H28N6O2. The van der Waals surface area contributed by atoms with Gasteiger partial charge in [-0.2, -0.15) is 0 Å². The molecule has 1 aliphatic carbocycles. The Balaban J connectivity index is 1.22. The second-order valence-corrected chi connectivity index (χ2v) is 8.44. The van der Waals surface area contributed by atoms with E-state index in [9.17, 15) is 4.79 Å². The summed E-state index contributed by atoms with van der Waals surface area (Å²) in [5.74, 6) is 0.701. The number of benzene rings is 1. The molecule has 162 valence electrons. The lowest BCUT2D eigenvalue weighted by atomic mass is 9.96. The SMILES string of the molecule is Cc1cc(=O)n(CCN2CCN(c3ccc4ncnc(OC5CCC5)c4c3)CC2)cn1. The van der Waals surface area contributed by atoms with Gasteiger partial charge in [0, 0.05) is 56.7 Å².